The lowest BCUT2D eigenvalue weighted by Crippen LogP contribution is -2.23. The summed E-state index contributed by atoms with van der Waals surface area (Å²) >= 11 is 2.32. The normalized spacial score (nSPS) is 14.5. The molecule has 0 bridgehead atoms. The Kier molecular flexibility index (Phi) is 6.53. The molecule has 0 radical (unpaired) electrons. The molecule has 1 atom stereocenters. The molecule has 0 aliphatic carbocycles. The number of rotatable bonds is 7. The van der Waals surface area contributed by atoms with Gasteiger partial charge in [0.2, 0.25) is 0 Å². The molecule has 0 N–H and O–H groups in total. The van der Waals surface area contributed by atoms with Crippen LogP contribution in [0.1, 0.15) is 70.6 Å². The Morgan fingerprint density at radius 3 is 2.50 bits per heavy atom. The van der Waals surface area contributed by atoms with Crippen LogP contribution in [0.4, 0.5) is 0 Å². The van der Waals surface area contributed by atoms with Crippen LogP contribution in [0.25, 0.3) is 0 Å². The molecule has 0 amide bonds. The second kappa shape index (κ2) is 7.41. The van der Waals surface area contributed by atoms with Gasteiger partial charge in [0.05, 0.1) is 5.69 Å². The van der Waals surface area contributed by atoms with E-state index < -0.39 is 0 Å². The van der Waals surface area contributed by atoms with E-state index in [-0.39, 0.29) is 5.41 Å². The number of unbranched alkanes of at least 4 members (excludes halogenated alkanes) is 3. The summed E-state index contributed by atoms with van der Waals surface area (Å²) in [6, 6.07) is 2.22. The zero-order valence-corrected chi connectivity index (χ0v) is 14.2. The van der Waals surface area contributed by atoms with Crippen LogP contribution in [0.3, 0.4) is 0 Å². The first kappa shape index (κ1) is 15.9. The van der Waals surface area contributed by atoms with Gasteiger partial charge in [0.1, 0.15) is 3.70 Å². The Labute approximate surface area is 125 Å². The van der Waals surface area contributed by atoms with Crippen molar-refractivity contribution in [2.45, 2.75) is 71.6 Å². The molecule has 0 spiro atoms. The Hall–Kier alpha value is -0.190. The van der Waals surface area contributed by atoms with Gasteiger partial charge in [0.25, 0.3) is 0 Å². The quantitative estimate of drug-likeness (QED) is 0.504. The van der Waals surface area contributed by atoms with E-state index in [4.69, 9.17) is 0 Å². The van der Waals surface area contributed by atoms with Crippen molar-refractivity contribution in [3.05, 3.63) is 21.0 Å². The van der Waals surface area contributed by atoms with Gasteiger partial charge < -0.3 is 0 Å². The van der Waals surface area contributed by atoms with E-state index in [0.717, 1.165) is 9.39 Å². The molecule has 0 aromatic carbocycles. The summed E-state index contributed by atoms with van der Waals surface area (Å²) in [5.41, 5.74) is 2.67. The SMILES string of the molecule is CCCCCCC(C)(CC)c1cc(C)nnc1I. The second-order valence-corrected chi connectivity index (χ2v) is 6.44. The summed E-state index contributed by atoms with van der Waals surface area (Å²) in [4.78, 5) is 0. The molecule has 0 aliphatic heterocycles. The van der Waals surface area contributed by atoms with E-state index in [0.29, 0.717) is 0 Å². The average molecular weight is 360 g/mol. The fourth-order valence-electron chi connectivity index (χ4n) is 2.34. The molecule has 1 unspecified atom stereocenters. The van der Waals surface area contributed by atoms with E-state index in [2.05, 4.69) is 59.6 Å². The summed E-state index contributed by atoms with van der Waals surface area (Å²) in [5, 5.41) is 8.41. The lowest BCUT2D eigenvalue weighted by atomic mass is 9.76. The van der Waals surface area contributed by atoms with Gasteiger partial charge in [-0.3, -0.25) is 0 Å². The zero-order valence-electron chi connectivity index (χ0n) is 12.1. The van der Waals surface area contributed by atoms with Crippen molar-refractivity contribution in [1.29, 1.82) is 0 Å². The molecule has 0 fully saturated rings. The third-order valence-electron chi connectivity index (χ3n) is 3.88. The topological polar surface area (TPSA) is 25.8 Å². The molecule has 102 valence electrons. The molecule has 0 aliphatic rings. The maximum Gasteiger partial charge on any atom is 0.127 e. The van der Waals surface area contributed by atoms with Crippen LogP contribution in [0, 0.1) is 10.6 Å². The molecule has 18 heavy (non-hydrogen) atoms. The predicted molar refractivity (Wildman–Crippen MR) is 85.9 cm³/mol. The minimum absolute atomic E-state index is 0.255. The van der Waals surface area contributed by atoms with Gasteiger partial charge in [0, 0.05) is 0 Å². The van der Waals surface area contributed by atoms with E-state index >= 15 is 0 Å². The fourth-order valence-corrected chi connectivity index (χ4v) is 3.26. The van der Waals surface area contributed by atoms with Crippen molar-refractivity contribution in [2.75, 3.05) is 0 Å². The van der Waals surface area contributed by atoms with E-state index in [1.54, 1.807) is 0 Å². The van der Waals surface area contributed by atoms with E-state index in [1.165, 1.54) is 44.1 Å². The third-order valence-corrected chi connectivity index (χ3v) is 4.68. The summed E-state index contributed by atoms with van der Waals surface area (Å²) in [5.74, 6) is 0. The molecule has 1 aromatic rings. The largest absolute Gasteiger partial charge is 0.155 e. The fraction of sp³-hybridized carbons (Fsp3) is 0.733. The standard InChI is InChI=1S/C15H25IN2/c1-5-7-8-9-10-15(4,6-2)13-11-12(3)17-18-14(13)16/h11H,5-10H2,1-4H3. The van der Waals surface area contributed by atoms with Gasteiger partial charge >= 0.3 is 0 Å². The molecular weight excluding hydrogens is 335 g/mol. The number of hydrogen-bond donors (Lipinski definition) is 0. The third kappa shape index (κ3) is 4.18. The molecule has 2 nitrogen and oxygen atoms in total. The summed E-state index contributed by atoms with van der Waals surface area (Å²) < 4.78 is 1.07. The molecule has 1 heterocycles. The highest BCUT2D eigenvalue weighted by Gasteiger charge is 2.27. The van der Waals surface area contributed by atoms with Crippen molar-refractivity contribution in [3.63, 3.8) is 0 Å². The number of hydrogen-bond acceptors (Lipinski definition) is 2. The summed E-state index contributed by atoms with van der Waals surface area (Å²) in [6.07, 6.45) is 7.74. The first-order chi connectivity index (χ1) is 8.53. The van der Waals surface area contributed by atoms with Gasteiger partial charge in [-0.2, -0.15) is 5.10 Å². The van der Waals surface area contributed by atoms with Crippen LogP contribution in [0.2, 0.25) is 0 Å². The number of aromatic nitrogens is 2. The van der Waals surface area contributed by atoms with Crippen molar-refractivity contribution in [1.82, 2.24) is 10.2 Å². The maximum absolute atomic E-state index is 4.27. The highest BCUT2D eigenvalue weighted by molar-refractivity contribution is 14.1. The second-order valence-electron chi connectivity index (χ2n) is 5.42. The van der Waals surface area contributed by atoms with E-state index in [1.807, 2.05) is 6.92 Å². The van der Waals surface area contributed by atoms with Crippen LogP contribution in [-0.4, -0.2) is 10.2 Å². The van der Waals surface area contributed by atoms with Crippen LogP contribution >= 0.6 is 22.6 Å². The number of halogens is 1. The zero-order chi connectivity index (χ0) is 13.6. The minimum Gasteiger partial charge on any atom is -0.155 e. The van der Waals surface area contributed by atoms with Gasteiger partial charge in [-0.05, 0) is 59.4 Å². The van der Waals surface area contributed by atoms with Gasteiger partial charge in [-0.1, -0.05) is 46.5 Å². The predicted octanol–water partition coefficient (Wildman–Crippen LogP) is 5.03. The molecule has 3 heteroatoms. The van der Waals surface area contributed by atoms with Gasteiger partial charge in [0.15, 0.2) is 0 Å². The van der Waals surface area contributed by atoms with Gasteiger partial charge in [-0.15, -0.1) is 5.10 Å². The highest BCUT2D eigenvalue weighted by atomic mass is 127. The lowest BCUT2D eigenvalue weighted by molar-refractivity contribution is 0.391. The van der Waals surface area contributed by atoms with Crippen LogP contribution in [-0.2, 0) is 5.41 Å². The van der Waals surface area contributed by atoms with Crippen molar-refractivity contribution in [2.24, 2.45) is 0 Å². The minimum atomic E-state index is 0.255. The smallest absolute Gasteiger partial charge is 0.127 e. The molecule has 0 saturated heterocycles. The molecule has 1 aromatic heterocycles. The van der Waals surface area contributed by atoms with Crippen LogP contribution in [0.15, 0.2) is 6.07 Å². The Balaban J connectivity index is 2.82. The van der Waals surface area contributed by atoms with Crippen LogP contribution < -0.4 is 0 Å². The summed E-state index contributed by atoms with van der Waals surface area (Å²) in [6.45, 7) is 8.95. The molecule has 0 saturated carbocycles. The Morgan fingerprint density at radius 1 is 1.17 bits per heavy atom. The number of aryl methyl sites for hydroxylation is 1. The first-order valence-electron chi connectivity index (χ1n) is 7.03. The number of nitrogens with zero attached hydrogens (tertiary/aromatic N) is 2. The monoisotopic (exact) mass is 360 g/mol. The lowest BCUT2D eigenvalue weighted by Gasteiger charge is -2.29. The Morgan fingerprint density at radius 2 is 1.89 bits per heavy atom. The van der Waals surface area contributed by atoms with Crippen molar-refractivity contribution in [3.8, 4) is 0 Å². The summed E-state index contributed by atoms with van der Waals surface area (Å²) in [7, 11) is 0. The van der Waals surface area contributed by atoms with Crippen LogP contribution in [0.5, 0.6) is 0 Å². The van der Waals surface area contributed by atoms with E-state index in [9.17, 15) is 0 Å². The molecule has 1 rings (SSSR count). The molecular formula is C15H25IN2. The van der Waals surface area contributed by atoms with Crippen molar-refractivity contribution >= 4 is 22.6 Å². The van der Waals surface area contributed by atoms with Gasteiger partial charge in [-0.25, -0.2) is 0 Å². The highest BCUT2D eigenvalue weighted by Crippen LogP contribution is 2.35. The first-order valence-corrected chi connectivity index (χ1v) is 8.11. The average Bonchev–Trinajstić information content (AvgIpc) is 2.37. The van der Waals surface area contributed by atoms with Crippen molar-refractivity contribution < 1.29 is 0 Å². The Bertz CT molecular complexity index is 379. The maximum atomic E-state index is 4.27.